The maximum Gasteiger partial charge on any atom is 0.453 e. The molecule has 6 nitrogen and oxygen atoms in total. The second-order valence-corrected chi connectivity index (χ2v) is 10.4. The summed E-state index contributed by atoms with van der Waals surface area (Å²) in [5.74, 6) is -3.13. The molecule has 4 rings (SSSR count). The van der Waals surface area contributed by atoms with Gasteiger partial charge in [0.25, 0.3) is 11.7 Å². The lowest BCUT2D eigenvalue weighted by atomic mass is 9.87. The number of benzene rings is 3. The molecule has 0 aliphatic rings. The first-order valence-electron chi connectivity index (χ1n) is 11.6. The molecule has 39 heavy (non-hydrogen) atoms. The van der Waals surface area contributed by atoms with E-state index in [4.69, 9.17) is 37.1 Å². The maximum atomic E-state index is 13.9. The minimum Gasteiger partial charge on any atom is -0.484 e. The van der Waals surface area contributed by atoms with E-state index in [1.165, 1.54) is 36.4 Å². The van der Waals surface area contributed by atoms with Crippen LogP contribution in [0.1, 0.15) is 32.1 Å². The van der Waals surface area contributed by atoms with Crippen LogP contribution in [-0.2, 0) is 16.4 Å². The molecular formula is C28H22Cl2F3NO5. The zero-order valence-corrected chi connectivity index (χ0v) is 22.4. The highest BCUT2D eigenvalue weighted by atomic mass is 35.5. The Bertz CT molecular complexity index is 1590. The number of amides is 1. The Morgan fingerprint density at radius 1 is 0.949 bits per heavy atom. The molecule has 0 aliphatic carbocycles. The molecule has 1 heterocycles. The first-order valence-corrected chi connectivity index (χ1v) is 12.3. The van der Waals surface area contributed by atoms with Crippen molar-refractivity contribution in [1.82, 2.24) is 0 Å². The Balaban J connectivity index is 1.60. The van der Waals surface area contributed by atoms with Crippen LogP contribution in [-0.4, -0.2) is 12.5 Å². The summed E-state index contributed by atoms with van der Waals surface area (Å²) in [5.41, 5.74) is -0.381. The summed E-state index contributed by atoms with van der Waals surface area (Å²) < 4.78 is 57.5. The zero-order valence-electron chi connectivity index (χ0n) is 20.9. The van der Waals surface area contributed by atoms with Crippen LogP contribution in [0.15, 0.2) is 69.9 Å². The molecule has 1 aromatic heterocycles. The lowest BCUT2D eigenvalue weighted by Gasteiger charge is -2.19. The normalized spacial score (nSPS) is 11.9. The van der Waals surface area contributed by atoms with Crippen molar-refractivity contribution in [3.8, 4) is 17.2 Å². The zero-order chi connectivity index (χ0) is 28.5. The number of carbonyl (C=O) groups is 1. The van der Waals surface area contributed by atoms with Crippen LogP contribution >= 0.6 is 23.2 Å². The molecule has 0 atom stereocenters. The molecule has 0 saturated carbocycles. The summed E-state index contributed by atoms with van der Waals surface area (Å²) in [6.45, 7) is 5.46. The summed E-state index contributed by atoms with van der Waals surface area (Å²) in [5, 5.41) is 2.96. The van der Waals surface area contributed by atoms with E-state index in [1.54, 1.807) is 18.2 Å². The minimum atomic E-state index is -5.03. The van der Waals surface area contributed by atoms with Gasteiger partial charge in [0.05, 0.1) is 16.1 Å². The van der Waals surface area contributed by atoms with E-state index in [0.717, 1.165) is 11.6 Å². The molecule has 0 fully saturated rings. The van der Waals surface area contributed by atoms with E-state index in [0.29, 0.717) is 5.02 Å². The molecular weight excluding hydrogens is 558 g/mol. The van der Waals surface area contributed by atoms with Crippen molar-refractivity contribution in [3.05, 3.63) is 92.3 Å². The van der Waals surface area contributed by atoms with Gasteiger partial charge in [-0.1, -0.05) is 56.1 Å². The van der Waals surface area contributed by atoms with Crippen molar-refractivity contribution in [2.45, 2.75) is 32.4 Å². The van der Waals surface area contributed by atoms with Gasteiger partial charge >= 0.3 is 6.18 Å². The summed E-state index contributed by atoms with van der Waals surface area (Å²) in [6, 6.07) is 14.6. The van der Waals surface area contributed by atoms with Crippen LogP contribution in [0.3, 0.4) is 0 Å². The second kappa shape index (κ2) is 10.8. The van der Waals surface area contributed by atoms with Crippen LogP contribution in [0.4, 0.5) is 18.9 Å². The number of rotatable bonds is 6. The molecule has 0 saturated heterocycles. The maximum absolute atomic E-state index is 13.9. The van der Waals surface area contributed by atoms with Crippen LogP contribution in [0, 0.1) is 0 Å². The van der Waals surface area contributed by atoms with Gasteiger partial charge < -0.3 is 19.2 Å². The predicted molar refractivity (Wildman–Crippen MR) is 143 cm³/mol. The molecule has 0 unspecified atom stereocenters. The monoisotopic (exact) mass is 579 g/mol. The van der Waals surface area contributed by atoms with Crippen molar-refractivity contribution in [1.29, 1.82) is 0 Å². The number of ether oxygens (including phenoxy) is 2. The van der Waals surface area contributed by atoms with Gasteiger partial charge in [0, 0.05) is 11.1 Å². The average Bonchev–Trinajstić information content (AvgIpc) is 2.85. The third kappa shape index (κ3) is 6.66. The number of carbonyl (C=O) groups excluding carboxylic acids is 1. The lowest BCUT2D eigenvalue weighted by Crippen LogP contribution is -2.20. The minimum absolute atomic E-state index is 0.00227. The molecule has 11 heteroatoms. The van der Waals surface area contributed by atoms with E-state index in [-0.39, 0.29) is 33.0 Å². The Hall–Kier alpha value is -3.69. The highest BCUT2D eigenvalue weighted by molar-refractivity contribution is 6.35. The first-order chi connectivity index (χ1) is 18.2. The Labute approximate surface area is 231 Å². The molecule has 204 valence electrons. The average molecular weight is 580 g/mol. The van der Waals surface area contributed by atoms with Gasteiger partial charge in [-0.25, -0.2) is 0 Å². The van der Waals surface area contributed by atoms with Gasteiger partial charge in [0.1, 0.15) is 17.1 Å². The number of nitrogens with one attached hydrogen (secondary N) is 1. The number of hydrogen-bond donors (Lipinski definition) is 1. The second-order valence-electron chi connectivity index (χ2n) is 9.58. The Kier molecular flexibility index (Phi) is 7.86. The van der Waals surface area contributed by atoms with E-state index in [1.807, 2.05) is 20.8 Å². The van der Waals surface area contributed by atoms with E-state index < -0.39 is 41.2 Å². The number of alkyl halides is 3. The molecule has 0 bridgehead atoms. The van der Waals surface area contributed by atoms with E-state index >= 15 is 0 Å². The summed E-state index contributed by atoms with van der Waals surface area (Å²) in [7, 11) is 0. The van der Waals surface area contributed by atoms with Gasteiger partial charge in [-0.2, -0.15) is 13.2 Å². The highest BCUT2D eigenvalue weighted by Gasteiger charge is 2.40. The first kappa shape index (κ1) is 28.3. The largest absolute Gasteiger partial charge is 0.484 e. The van der Waals surface area contributed by atoms with Gasteiger partial charge in [-0.15, -0.1) is 0 Å². The van der Waals surface area contributed by atoms with Gasteiger partial charge in [-0.3, -0.25) is 9.59 Å². The van der Waals surface area contributed by atoms with Crippen LogP contribution in [0.2, 0.25) is 10.0 Å². The summed E-state index contributed by atoms with van der Waals surface area (Å²) >= 11 is 11.9. The fraction of sp³-hybridized carbons (Fsp3) is 0.214. The molecule has 3 aromatic carbocycles. The number of halogens is 5. The summed E-state index contributed by atoms with van der Waals surface area (Å²) in [6.07, 6.45) is -5.03. The molecule has 0 radical (unpaired) electrons. The van der Waals surface area contributed by atoms with E-state index in [2.05, 4.69) is 5.32 Å². The van der Waals surface area contributed by atoms with Crippen molar-refractivity contribution < 1.29 is 31.9 Å². The van der Waals surface area contributed by atoms with Gasteiger partial charge in [0.2, 0.25) is 11.2 Å². The van der Waals surface area contributed by atoms with Crippen molar-refractivity contribution in [3.63, 3.8) is 0 Å². The van der Waals surface area contributed by atoms with Crippen molar-refractivity contribution in [2.75, 3.05) is 11.9 Å². The Morgan fingerprint density at radius 2 is 1.62 bits per heavy atom. The third-order valence-electron chi connectivity index (χ3n) is 5.59. The highest BCUT2D eigenvalue weighted by Crippen LogP contribution is 2.39. The lowest BCUT2D eigenvalue weighted by molar-refractivity contribution is -0.154. The predicted octanol–water partition coefficient (Wildman–Crippen LogP) is 8.23. The van der Waals surface area contributed by atoms with Gasteiger partial charge in [-0.05, 0) is 53.4 Å². The van der Waals surface area contributed by atoms with Crippen LogP contribution in [0.5, 0.6) is 17.2 Å². The number of hydrogen-bond acceptors (Lipinski definition) is 5. The smallest absolute Gasteiger partial charge is 0.453 e. The fourth-order valence-electron chi connectivity index (χ4n) is 3.59. The molecule has 1 amide bonds. The number of fused-ring (bicyclic) bond motifs is 1. The fourth-order valence-corrected chi connectivity index (χ4v) is 3.93. The standard InChI is InChI=1S/C28H22Cl2F3NO5/c1-27(2,3)15-4-7-17(8-5-15)38-25-24(36)19-10-9-18(13-22(19)39-26(25)28(31,32)33)37-14-23(35)34-21-12-16(29)6-11-20(21)30/h4-13H,14H2,1-3H3,(H,34,35). The quantitative estimate of drug-likeness (QED) is 0.249. The SMILES string of the molecule is CC(C)(C)c1ccc(Oc2c(C(F)(F)F)oc3cc(OCC(=O)Nc4cc(Cl)ccc4Cl)ccc3c2=O)cc1. The Morgan fingerprint density at radius 3 is 2.26 bits per heavy atom. The van der Waals surface area contributed by atoms with E-state index in [9.17, 15) is 22.8 Å². The molecule has 0 spiro atoms. The van der Waals surface area contributed by atoms with Crippen molar-refractivity contribution >= 4 is 45.8 Å². The number of anilines is 1. The molecule has 1 N–H and O–H groups in total. The molecule has 0 aliphatic heterocycles. The molecule has 4 aromatic rings. The van der Waals surface area contributed by atoms with Crippen molar-refractivity contribution in [2.24, 2.45) is 0 Å². The van der Waals surface area contributed by atoms with Gasteiger partial charge in [0.15, 0.2) is 6.61 Å². The van der Waals surface area contributed by atoms with Crippen LogP contribution < -0.4 is 20.2 Å². The van der Waals surface area contributed by atoms with Crippen LogP contribution in [0.25, 0.3) is 11.0 Å². The third-order valence-corrected chi connectivity index (χ3v) is 6.16. The summed E-state index contributed by atoms with van der Waals surface area (Å²) in [4.78, 5) is 25.3. The topological polar surface area (TPSA) is 77.8 Å².